The summed E-state index contributed by atoms with van der Waals surface area (Å²) in [5, 5.41) is 9.95. The first-order valence-corrected chi connectivity index (χ1v) is 7.05. The van der Waals surface area contributed by atoms with E-state index in [4.69, 9.17) is 15.6 Å². The van der Waals surface area contributed by atoms with Crippen molar-refractivity contribution in [2.75, 3.05) is 5.73 Å². The van der Waals surface area contributed by atoms with Gasteiger partial charge in [-0.1, -0.05) is 12.1 Å². The van der Waals surface area contributed by atoms with Crippen LogP contribution in [0, 0.1) is 0 Å². The first-order valence-electron chi connectivity index (χ1n) is 6.23. The Kier molecular flexibility index (Phi) is 3.45. The second-order valence-corrected chi connectivity index (χ2v) is 5.54. The molecule has 0 atom stereocenters. The average Bonchev–Trinajstić information content (AvgIpc) is 2.88. The van der Waals surface area contributed by atoms with Gasteiger partial charge >= 0.3 is 5.97 Å². The number of nitrogens with two attached hydrogens (primary N) is 1. The molecule has 0 aliphatic rings. The molecule has 0 aliphatic carbocycles. The number of thiazole rings is 1. The molecule has 0 spiro atoms. The van der Waals surface area contributed by atoms with E-state index in [-0.39, 0.29) is 17.9 Å². The van der Waals surface area contributed by atoms with E-state index in [9.17, 15) is 4.79 Å². The number of rotatable bonds is 4. The molecule has 2 aromatic carbocycles. The third-order valence-corrected chi connectivity index (χ3v) is 3.93. The van der Waals surface area contributed by atoms with Crippen LogP contribution in [0.4, 0.5) is 5.69 Å². The van der Waals surface area contributed by atoms with Crippen LogP contribution in [0.2, 0.25) is 0 Å². The lowest BCUT2D eigenvalue weighted by Gasteiger charge is -2.08. The summed E-state index contributed by atoms with van der Waals surface area (Å²) < 4.78 is 6.66. The smallest absolute Gasteiger partial charge is 0.339 e. The molecule has 1 aromatic heterocycles. The third kappa shape index (κ3) is 2.80. The summed E-state index contributed by atoms with van der Waals surface area (Å²) in [7, 11) is 0. The highest BCUT2D eigenvalue weighted by molar-refractivity contribution is 7.18. The number of carboxylic acids is 1. The molecule has 3 N–H and O–H groups in total. The van der Waals surface area contributed by atoms with E-state index in [0.29, 0.717) is 5.69 Å². The lowest BCUT2D eigenvalue weighted by molar-refractivity contribution is 0.0692. The molecular formula is C15H12N2O3S. The molecule has 0 saturated heterocycles. The Bertz CT molecular complexity index is 781. The summed E-state index contributed by atoms with van der Waals surface area (Å²) in [6.07, 6.45) is 0. The summed E-state index contributed by atoms with van der Waals surface area (Å²) in [4.78, 5) is 15.6. The number of aromatic carboxylic acids is 1. The lowest BCUT2D eigenvalue weighted by atomic mass is 10.2. The number of anilines is 1. The highest BCUT2D eigenvalue weighted by atomic mass is 32.1. The van der Waals surface area contributed by atoms with Gasteiger partial charge in [0.2, 0.25) is 0 Å². The first-order chi connectivity index (χ1) is 10.1. The van der Waals surface area contributed by atoms with Crippen molar-refractivity contribution in [2.24, 2.45) is 0 Å². The minimum absolute atomic E-state index is 0.0520. The molecule has 106 valence electrons. The van der Waals surface area contributed by atoms with E-state index < -0.39 is 5.97 Å². The van der Waals surface area contributed by atoms with Gasteiger partial charge in [0.05, 0.1) is 10.2 Å². The van der Waals surface area contributed by atoms with E-state index in [1.165, 1.54) is 17.4 Å². The third-order valence-electron chi connectivity index (χ3n) is 2.92. The maximum atomic E-state index is 11.2. The van der Waals surface area contributed by atoms with Crippen molar-refractivity contribution in [3.05, 3.63) is 53.0 Å². The fourth-order valence-electron chi connectivity index (χ4n) is 1.96. The Morgan fingerprint density at radius 2 is 2.10 bits per heavy atom. The summed E-state index contributed by atoms with van der Waals surface area (Å²) in [5.74, 6) is -0.780. The molecule has 3 aromatic rings. The highest BCUT2D eigenvalue weighted by Gasteiger charge is 2.12. The van der Waals surface area contributed by atoms with Crippen LogP contribution in [0.1, 0.15) is 15.4 Å². The van der Waals surface area contributed by atoms with Gasteiger partial charge in [-0.3, -0.25) is 0 Å². The molecule has 6 heteroatoms. The number of para-hydroxylation sites is 1. The van der Waals surface area contributed by atoms with Crippen molar-refractivity contribution in [1.82, 2.24) is 4.98 Å². The average molecular weight is 300 g/mol. The molecule has 0 fully saturated rings. The SMILES string of the molecule is Nc1ccc(OCc2nc3ccccc3s2)c(C(=O)O)c1. The minimum Gasteiger partial charge on any atom is -0.486 e. The van der Waals surface area contributed by atoms with Gasteiger partial charge in [-0.05, 0) is 30.3 Å². The van der Waals surface area contributed by atoms with Crippen molar-refractivity contribution in [3.8, 4) is 5.75 Å². The van der Waals surface area contributed by atoms with E-state index >= 15 is 0 Å². The van der Waals surface area contributed by atoms with Gasteiger partial charge in [0.15, 0.2) is 0 Å². The zero-order chi connectivity index (χ0) is 14.8. The zero-order valence-corrected chi connectivity index (χ0v) is 11.8. The molecule has 21 heavy (non-hydrogen) atoms. The normalized spacial score (nSPS) is 10.7. The van der Waals surface area contributed by atoms with Crippen molar-refractivity contribution >= 4 is 33.2 Å². The topological polar surface area (TPSA) is 85.4 Å². The number of carbonyl (C=O) groups is 1. The molecular weight excluding hydrogens is 288 g/mol. The number of fused-ring (bicyclic) bond motifs is 1. The summed E-state index contributed by atoms with van der Waals surface area (Å²) in [5.41, 5.74) is 6.95. The number of hydrogen-bond donors (Lipinski definition) is 2. The number of nitrogen functional groups attached to an aromatic ring is 1. The summed E-state index contributed by atoms with van der Waals surface area (Å²) >= 11 is 1.53. The number of ether oxygens (including phenoxy) is 1. The fourth-order valence-corrected chi connectivity index (χ4v) is 2.84. The Morgan fingerprint density at radius 3 is 2.86 bits per heavy atom. The summed E-state index contributed by atoms with van der Waals surface area (Å²) in [6, 6.07) is 12.4. The number of hydrogen-bond acceptors (Lipinski definition) is 5. The number of benzene rings is 2. The van der Waals surface area contributed by atoms with Gasteiger partial charge in [0, 0.05) is 5.69 Å². The Balaban J connectivity index is 1.83. The molecule has 0 amide bonds. The van der Waals surface area contributed by atoms with E-state index in [1.54, 1.807) is 12.1 Å². The largest absolute Gasteiger partial charge is 0.486 e. The molecule has 5 nitrogen and oxygen atoms in total. The molecule has 0 aliphatic heterocycles. The monoisotopic (exact) mass is 300 g/mol. The highest BCUT2D eigenvalue weighted by Crippen LogP contribution is 2.25. The fraction of sp³-hybridized carbons (Fsp3) is 0.0667. The van der Waals surface area contributed by atoms with Crippen LogP contribution < -0.4 is 10.5 Å². The number of nitrogens with zero attached hydrogens (tertiary/aromatic N) is 1. The quantitative estimate of drug-likeness (QED) is 0.723. The molecule has 0 saturated carbocycles. The van der Waals surface area contributed by atoms with Crippen LogP contribution in [0.5, 0.6) is 5.75 Å². The molecule has 0 radical (unpaired) electrons. The van der Waals surface area contributed by atoms with Gasteiger partial charge < -0.3 is 15.6 Å². The second kappa shape index (κ2) is 5.41. The molecule has 0 bridgehead atoms. The van der Waals surface area contributed by atoms with Gasteiger partial charge in [-0.25, -0.2) is 9.78 Å². The van der Waals surface area contributed by atoms with Crippen LogP contribution >= 0.6 is 11.3 Å². The standard InChI is InChI=1S/C15H12N2O3S/c16-9-5-6-12(10(7-9)15(18)19)20-8-14-17-11-3-1-2-4-13(11)21-14/h1-7H,8,16H2,(H,18,19). The van der Waals surface area contributed by atoms with E-state index in [1.807, 2.05) is 24.3 Å². The molecule has 3 rings (SSSR count). The van der Waals surface area contributed by atoms with Gasteiger partial charge in [-0.15, -0.1) is 11.3 Å². The van der Waals surface area contributed by atoms with Crippen molar-refractivity contribution in [3.63, 3.8) is 0 Å². The van der Waals surface area contributed by atoms with Gasteiger partial charge in [0.1, 0.15) is 22.9 Å². The van der Waals surface area contributed by atoms with Crippen LogP contribution in [-0.2, 0) is 6.61 Å². The molecule has 0 unspecified atom stereocenters. The maximum absolute atomic E-state index is 11.2. The maximum Gasteiger partial charge on any atom is 0.339 e. The zero-order valence-electron chi connectivity index (χ0n) is 10.9. The second-order valence-electron chi connectivity index (χ2n) is 4.42. The minimum atomic E-state index is -1.07. The van der Waals surface area contributed by atoms with E-state index in [0.717, 1.165) is 15.2 Å². The Morgan fingerprint density at radius 1 is 1.29 bits per heavy atom. The van der Waals surface area contributed by atoms with Crippen LogP contribution in [0.15, 0.2) is 42.5 Å². The summed E-state index contributed by atoms with van der Waals surface area (Å²) in [6.45, 7) is 0.226. The predicted molar refractivity (Wildman–Crippen MR) is 81.8 cm³/mol. The molecule has 1 heterocycles. The van der Waals surface area contributed by atoms with Crippen molar-refractivity contribution < 1.29 is 14.6 Å². The number of aromatic nitrogens is 1. The Labute approximate surface area is 124 Å². The van der Waals surface area contributed by atoms with Crippen molar-refractivity contribution in [1.29, 1.82) is 0 Å². The van der Waals surface area contributed by atoms with Crippen LogP contribution in [0.3, 0.4) is 0 Å². The Hall–Kier alpha value is -2.60. The van der Waals surface area contributed by atoms with E-state index in [2.05, 4.69) is 4.98 Å². The predicted octanol–water partition coefficient (Wildman–Crippen LogP) is 3.16. The van der Waals surface area contributed by atoms with Gasteiger partial charge in [-0.2, -0.15) is 0 Å². The lowest BCUT2D eigenvalue weighted by Crippen LogP contribution is -2.04. The van der Waals surface area contributed by atoms with Crippen LogP contribution in [-0.4, -0.2) is 16.1 Å². The first kappa shape index (κ1) is 13.4. The van der Waals surface area contributed by atoms with Crippen molar-refractivity contribution in [2.45, 2.75) is 6.61 Å². The van der Waals surface area contributed by atoms with Gasteiger partial charge in [0.25, 0.3) is 0 Å². The number of carboxylic acid groups (broad SMARTS) is 1. The van der Waals surface area contributed by atoms with Crippen LogP contribution in [0.25, 0.3) is 10.2 Å².